The summed E-state index contributed by atoms with van der Waals surface area (Å²) in [5, 5.41) is 9.51. The molecule has 1 aliphatic rings. The third-order valence-electron chi connectivity index (χ3n) is 3.54. The van der Waals surface area contributed by atoms with E-state index in [0.29, 0.717) is 0 Å². The zero-order chi connectivity index (χ0) is 17.4. The fourth-order valence-corrected chi connectivity index (χ4v) is 4.66. The number of carbonyl (C=O) groups is 2. The molecule has 1 fully saturated rings. The van der Waals surface area contributed by atoms with E-state index in [9.17, 15) is 23.1 Å². The summed E-state index contributed by atoms with van der Waals surface area (Å²) in [6.07, 6.45) is 0. The summed E-state index contributed by atoms with van der Waals surface area (Å²) in [6.45, 7) is 1.08. The summed E-state index contributed by atoms with van der Waals surface area (Å²) in [4.78, 5) is 23.9. The van der Waals surface area contributed by atoms with E-state index in [0.717, 1.165) is 4.31 Å². The maximum absolute atomic E-state index is 12.7. The summed E-state index contributed by atoms with van der Waals surface area (Å²) < 4.78 is 26.3. The van der Waals surface area contributed by atoms with Crippen molar-refractivity contribution >= 4 is 45.1 Å². The molecule has 23 heavy (non-hydrogen) atoms. The normalized spacial score (nSPS) is 19.6. The number of nitrogens with zero attached hydrogens (tertiary/aromatic N) is 2. The van der Waals surface area contributed by atoms with E-state index in [1.165, 1.54) is 30.0 Å². The van der Waals surface area contributed by atoms with Crippen LogP contribution in [0.1, 0.15) is 6.92 Å². The Balaban J connectivity index is 2.41. The third kappa shape index (κ3) is 3.60. The van der Waals surface area contributed by atoms with Crippen LogP contribution in [0.5, 0.6) is 0 Å². The number of hydrogen-bond donors (Lipinski definition) is 1. The van der Waals surface area contributed by atoms with Crippen LogP contribution in [0.3, 0.4) is 0 Å². The lowest BCUT2D eigenvalue weighted by Crippen LogP contribution is -2.58. The molecule has 2 rings (SSSR count). The predicted molar refractivity (Wildman–Crippen MR) is 84.0 cm³/mol. The number of amides is 1. The summed E-state index contributed by atoms with van der Waals surface area (Å²) in [7, 11) is -4.13. The highest BCUT2D eigenvalue weighted by Crippen LogP contribution is 2.29. The monoisotopic (exact) mass is 380 g/mol. The molecule has 1 N–H and O–H groups in total. The van der Waals surface area contributed by atoms with E-state index in [4.69, 9.17) is 23.2 Å². The molecule has 1 amide bonds. The number of carboxylic acids is 1. The van der Waals surface area contributed by atoms with Gasteiger partial charge in [0.25, 0.3) is 0 Å². The molecular formula is C13H14Cl2N2O5S. The maximum atomic E-state index is 12.7. The molecule has 0 saturated carbocycles. The Morgan fingerprint density at radius 2 is 1.91 bits per heavy atom. The van der Waals surface area contributed by atoms with Crippen LogP contribution in [-0.4, -0.2) is 60.3 Å². The SMILES string of the molecule is CC(=O)N1CCN(S(=O)(=O)c2ccc(Cl)cc2Cl)C(C(=O)O)C1. The van der Waals surface area contributed by atoms with Crippen molar-refractivity contribution in [1.29, 1.82) is 0 Å². The van der Waals surface area contributed by atoms with Crippen molar-refractivity contribution in [2.24, 2.45) is 0 Å². The highest BCUT2D eigenvalue weighted by Gasteiger charge is 2.41. The number of hydrogen-bond acceptors (Lipinski definition) is 4. The molecule has 0 spiro atoms. The Kier molecular flexibility index (Phi) is 5.20. The van der Waals surface area contributed by atoms with Crippen molar-refractivity contribution in [3.8, 4) is 0 Å². The zero-order valence-electron chi connectivity index (χ0n) is 12.1. The molecule has 126 valence electrons. The van der Waals surface area contributed by atoms with Crippen LogP contribution in [0.15, 0.2) is 23.1 Å². The lowest BCUT2D eigenvalue weighted by Gasteiger charge is -2.38. The zero-order valence-corrected chi connectivity index (χ0v) is 14.4. The molecule has 1 aromatic carbocycles. The average Bonchev–Trinajstić information content (AvgIpc) is 2.45. The lowest BCUT2D eigenvalue weighted by atomic mass is 10.2. The minimum Gasteiger partial charge on any atom is -0.480 e. The van der Waals surface area contributed by atoms with Gasteiger partial charge in [-0.1, -0.05) is 23.2 Å². The van der Waals surface area contributed by atoms with Gasteiger partial charge in [0, 0.05) is 31.6 Å². The molecule has 1 atom stereocenters. The maximum Gasteiger partial charge on any atom is 0.323 e. The Morgan fingerprint density at radius 3 is 2.43 bits per heavy atom. The fourth-order valence-electron chi connectivity index (χ4n) is 2.35. The van der Waals surface area contributed by atoms with Crippen molar-refractivity contribution in [1.82, 2.24) is 9.21 Å². The largest absolute Gasteiger partial charge is 0.480 e. The first-order valence-corrected chi connectivity index (χ1v) is 8.79. The van der Waals surface area contributed by atoms with Gasteiger partial charge in [0.1, 0.15) is 10.9 Å². The number of carboxylic acid groups (broad SMARTS) is 1. The van der Waals surface area contributed by atoms with Gasteiger partial charge in [-0.3, -0.25) is 9.59 Å². The highest BCUT2D eigenvalue weighted by molar-refractivity contribution is 7.89. The number of carbonyl (C=O) groups excluding carboxylic acids is 1. The van der Waals surface area contributed by atoms with Gasteiger partial charge in [0.2, 0.25) is 15.9 Å². The fraction of sp³-hybridized carbons (Fsp3) is 0.385. The summed E-state index contributed by atoms with van der Waals surface area (Å²) in [5.74, 6) is -1.64. The first-order valence-electron chi connectivity index (χ1n) is 6.60. The van der Waals surface area contributed by atoms with Crippen molar-refractivity contribution < 1.29 is 23.1 Å². The molecule has 1 aliphatic heterocycles. The predicted octanol–water partition coefficient (Wildman–Crippen LogP) is 1.30. The van der Waals surface area contributed by atoms with Crippen molar-refractivity contribution in [3.05, 3.63) is 28.2 Å². The van der Waals surface area contributed by atoms with E-state index < -0.39 is 22.0 Å². The van der Waals surface area contributed by atoms with Gasteiger partial charge in [-0.25, -0.2) is 8.42 Å². The van der Waals surface area contributed by atoms with Gasteiger partial charge in [0.05, 0.1) is 5.02 Å². The van der Waals surface area contributed by atoms with Crippen LogP contribution in [0.25, 0.3) is 0 Å². The van der Waals surface area contributed by atoms with Gasteiger partial charge in [-0.2, -0.15) is 4.31 Å². The van der Waals surface area contributed by atoms with E-state index in [1.54, 1.807) is 0 Å². The highest BCUT2D eigenvalue weighted by atomic mass is 35.5. The van der Waals surface area contributed by atoms with Crippen LogP contribution >= 0.6 is 23.2 Å². The molecule has 0 aromatic heterocycles. The molecule has 0 radical (unpaired) electrons. The first kappa shape index (κ1) is 18.0. The Hall–Kier alpha value is -1.35. The first-order chi connectivity index (χ1) is 10.6. The molecule has 0 aliphatic carbocycles. The number of halogens is 2. The van der Waals surface area contributed by atoms with E-state index in [1.807, 2.05) is 0 Å². The van der Waals surface area contributed by atoms with Crippen LogP contribution < -0.4 is 0 Å². The van der Waals surface area contributed by atoms with Crippen LogP contribution in [0, 0.1) is 0 Å². The van der Waals surface area contributed by atoms with E-state index in [-0.39, 0.29) is 40.5 Å². The molecule has 1 aromatic rings. The van der Waals surface area contributed by atoms with Crippen LogP contribution in [0.4, 0.5) is 0 Å². The number of benzene rings is 1. The smallest absolute Gasteiger partial charge is 0.323 e. The molecule has 0 bridgehead atoms. The summed E-state index contributed by atoms with van der Waals surface area (Å²) in [6, 6.07) is 2.50. The van der Waals surface area contributed by atoms with Crippen molar-refractivity contribution in [3.63, 3.8) is 0 Å². The molecule has 7 nitrogen and oxygen atoms in total. The number of aliphatic carboxylic acids is 1. The second-order valence-corrected chi connectivity index (χ2v) is 7.71. The minimum atomic E-state index is -4.13. The summed E-state index contributed by atoms with van der Waals surface area (Å²) >= 11 is 11.7. The minimum absolute atomic E-state index is 0.0874. The quantitative estimate of drug-likeness (QED) is 0.852. The molecule has 10 heteroatoms. The van der Waals surface area contributed by atoms with Gasteiger partial charge in [0.15, 0.2) is 0 Å². The lowest BCUT2D eigenvalue weighted by molar-refractivity contribution is -0.145. The van der Waals surface area contributed by atoms with Crippen LogP contribution in [0.2, 0.25) is 10.0 Å². The summed E-state index contributed by atoms with van der Waals surface area (Å²) in [5.41, 5.74) is 0. The van der Waals surface area contributed by atoms with Gasteiger partial charge in [-0.05, 0) is 18.2 Å². The molecule has 1 heterocycles. The number of piperazine rings is 1. The van der Waals surface area contributed by atoms with E-state index >= 15 is 0 Å². The van der Waals surface area contributed by atoms with Crippen molar-refractivity contribution in [2.75, 3.05) is 19.6 Å². The van der Waals surface area contributed by atoms with Gasteiger partial charge < -0.3 is 10.0 Å². The van der Waals surface area contributed by atoms with Gasteiger partial charge in [-0.15, -0.1) is 0 Å². The van der Waals surface area contributed by atoms with E-state index in [2.05, 4.69) is 0 Å². The molecule has 1 saturated heterocycles. The molecular weight excluding hydrogens is 367 g/mol. The number of rotatable bonds is 3. The Labute approximate surface area is 143 Å². The Bertz CT molecular complexity index is 753. The van der Waals surface area contributed by atoms with Crippen LogP contribution in [-0.2, 0) is 19.6 Å². The second kappa shape index (κ2) is 6.64. The number of sulfonamides is 1. The van der Waals surface area contributed by atoms with Crippen molar-refractivity contribution in [2.45, 2.75) is 17.9 Å². The standard InChI is InChI=1S/C13H14Cl2N2O5S/c1-8(18)16-4-5-17(11(7-16)13(19)20)23(21,22)12-3-2-9(14)6-10(12)15/h2-3,6,11H,4-5,7H2,1H3,(H,19,20). The molecule has 1 unspecified atom stereocenters. The third-order valence-corrected chi connectivity index (χ3v) is 6.17. The topological polar surface area (TPSA) is 95.0 Å². The second-order valence-electron chi connectivity index (χ2n) is 5.01. The van der Waals surface area contributed by atoms with Gasteiger partial charge >= 0.3 is 5.97 Å². The average molecular weight is 381 g/mol. The Morgan fingerprint density at radius 1 is 1.26 bits per heavy atom.